The summed E-state index contributed by atoms with van der Waals surface area (Å²) >= 11 is 0. The minimum Gasteiger partial charge on any atom is -0.368 e. The van der Waals surface area contributed by atoms with Crippen molar-refractivity contribution in [1.29, 1.82) is 0 Å². The first-order valence-electron chi connectivity index (χ1n) is 7.06. The number of carbonyl (C=O) groups excluding carboxylic acids is 2. The standard InChI is InChI=1S/C17H20N2O2/c1-11(2)9-15(16(18)20)19-17(21)14-8-7-12-5-3-4-6-13(12)10-14/h3-8,10-11,15H,9H2,1-2H3,(H2,18,20)(H,19,21)/t15-/m0/s1. The lowest BCUT2D eigenvalue weighted by atomic mass is 10.0. The van der Waals surface area contributed by atoms with Gasteiger partial charge in [-0.05, 0) is 35.2 Å². The molecule has 0 radical (unpaired) electrons. The van der Waals surface area contributed by atoms with Crippen LogP contribution < -0.4 is 11.1 Å². The Labute approximate surface area is 124 Å². The summed E-state index contributed by atoms with van der Waals surface area (Å²) < 4.78 is 0. The maximum Gasteiger partial charge on any atom is 0.251 e. The van der Waals surface area contributed by atoms with Crippen molar-refractivity contribution in [3.05, 3.63) is 48.0 Å². The summed E-state index contributed by atoms with van der Waals surface area (Å²) in [5.41, 5.74) is 5.88. The molecule has 1 atom stereocenters. The summed E-state index contributed by atoms with van der Waals surface area (Å²) in [5, 5.41) is 4.78. The molecule has 4 heteroatoms. The van der Waals surface area contributed by atoms with E-state index >= 15 is 0 Å². The first-order chi connectivity index (χ1) is 9.97. The maximum absolute atomic E-state index is 12.3. The van der Waals surface area contributed by atoms with Gasteiger partial charge in [0.25, 0.3) is 5.91 Å². The van der Waals surface area contributed by atoms with E-state index in [9.17, 15) is 9.59 Å². The fourth-order valence-corrected chi connectivity index (χ4v) is 2.29. The SMILES string of the molecule is CC(C)C[C@H](NC(=O)c1ccc2ccccc2c1)C(N)=O. The van der Waals surface area contributed by atoms with Gasteiger partial charge in [0.05, 0.1) is 0 Å². The molecule has 0 unspecified atom stereocenters. The summed E-state index contributed by atoms with van der Waals surface area (Å²) in [6.07, 6.45) is 0.536. The molecule has 0 spiro atoms. The fourth-order valence-electron chi connectivity index (χ4n) is 2.29. The molecular formula is C17H20N2O2. The summed E-state index contributed by atoms with van der Waals surface area (Å²) in [6.45, 7) is 3.97. The number of benzene rings is 2. The first kappa shape index (κ1) is 15.0. The molecule has 0 fully saturated rings. The highest BCUT2D eigenvalue weighted by molar-refractivity contribution is 6.00. The van der Waals surface area contributed by atoms with Crippen LogP contribution in [0.4, 0.5) is 0 Å². The fraction of sp³-hybridized carbons (Fsp3) is 0.294. The van der Waals surface area contributed by atoms with E-state index < -0.39 is 11.9 Å². The van der Waals surface area contributed by atoms with Crippen LogP contribution in [-0.2, 0) is 4.79 Å². The van der Waals surface area contributed by atoms with Crippen LogP contribution in [0.1, 0.15) is 30.6 Å². The lowest BCUT2D eigenvalue weighted by molar-refractivity contribution is -0.120. The Morgan fingerprint density at radius 1 is 1.10 bits per heavy atom. The highest BCUT2D eigenvalue weighted by Crippen LogP contribution is 2.16. The minimum atomic E-state index is -0.635. The Morgan fingerprint density at radius 3 is 2.38 bits per heavy atom. The topological polar surface area (TPSA) is 72.2 Å². The van der Waals surface area contributed by atoms with Crippen LogP contribution in [0.3, 0.4) is 0 Å². The Hall–Kier alpha value is -2.36. The number of hydrogen-bond acceptors (Lipinski definition) is 2. The van der Waals surface area contributed by atoms with Crippen molar-refractivity contribution in [3.8, 4) is 0 Å². The molecule has 0 bridgehead atoms. The number of fused-ring (bicyclic) bond motifs is 1. The lowest BCUT2D eigenvalue weighted by Crippen LogP contribution is -2.45. The molecular weight excluding hydrogens is 264 g/mol. The molecule has 0 aliphatic heterocycles. The van der Waals surface area contributed by atoms with Gasteiger partial charge in [-0.15, -0.1) is 0 Å². The quantitative estimate of drug-likeness (QED) is 0.885. The van der Waals surface area contributed by atoms with Crippen molar-refractivity contribution in [2.45, 2.75) is 26.3 Å². The number of nitrogens with two attached hydrogens (primary N) is 1. The van der Waals surface area contributed by atoms with E-state index in [4.69, 9.17) is 5.73 Å². The van der Waals surface area contributed by atoms with E-state index in [1.807, 2.05) is 50.2 Å². The van der Waals surface area contributed by atoms with Crippen LogP contribution in [0, 0.1) is 5.92 Å². The predicted octanol–water partition coefficient (Wildman–Crippen LogP) is 2.47. The van der Waals surface area contributed by atoms with Crippen LogP contribution in [0.5, 0.6) is 0 Å². The third-order valence-electron chi connectivity index (χ3n) is 3.37. The van der Waals surface area contributed by atoms with E-state index in [-0.39, 0.29) is 11.8 Å². The van der Waals surface area contributed by atoms with Crippen LogP contribution >= 0.6 is 0 Å². The van der Waals surface area contributed by atoms with Gasteiger partial charge < -0.3 is 11.1 Å². The molecule has 0 aliphatic rings. The van der Waals surface area contributed by atoms with Gasteiger partial charge in [-0.2, -0.15) is 0 Å². The van der Waals surface area contributed by atoms with Gasteiger partial charge >= 0.3 is 0 Å². The van der Waals surface area contributed by atoms with Gasteiger partial charge in [-0.25, -0.2) is 0 Å². The van der Waals surface area contributed by atoms with E-state index in [1.54, 1.807) is 6.07 Å². The normalized spacial score (nSPS) is 12.3. The third kappa shape index (κ3) is 3.81. The van der Waals surface area contributed by atoms with Crippen LogP contribution in [0.15, 0.2) is 42.5 Å². The van der Waals surface area contributed by atoms with Gasteiger partial charge in [-0.3, -0.25) is 9.59 Å². The molecule has 4 nitrogen and oxygen atoms in total. The van der Waals surface area contributed by atoms with Crippen molar-refractivity contribution in [1.82, 2.24) is 5.32 Å². The van der Waals surface area contributed by atoms with Gasteiger partial charge in [0.2, 0.25) is 5.91 Å². The number of rotatable bonds is 5. The molecule has 2 rings (SSSR count). The summed E-state index contributed by atoms with van der Waals surface area (Å²) in [7, 11) is 0. The Kier molecular flexibility index (Phi) is 4.58. The van der Waals surface area contributed by atoms with Crippen LogP contribution in [0.2, 0.25) is 0 Å². The molecule has 0 saturated carbocycles. The Balaban J connectivity index is 2.19. The van der Waals surface area contributed by atoms with E-state index in [2.05, 4.69) is 5.32 Å². The number of hydrogen-bond donors (Lipinski definition) is 2. The summed E-state index contributed by atoms with van der Waals surface area (Å²) in [5.74, 6) is -0.498. The van der Waals surface area contributed by atoms with Crippen molar-refractivity contribution in [2.75, 3.05) is 0 Å². The molecule has 0 saturated heterocycles. The zero-order valence-electron chi connectivity index (χ0n) is 12.3. The molecule has 0 aliphatic carbocycles. The third-order valence-corrected chi connectivity index (χ3v) is 3.37. The molecule has 2 aromatic rings. The largest absolute Gasteiger partial charge is 0.368 e. The van der Waals surface area contributed by atoms with Crippen LogP contribution in [0.25, 0.3) is 10.8 Å². The predicted molar refractivity (Wildman–Crippen MR) is 83.9 cm³/mol. The number of primary amides is 1. The molecule has 2 amide bonds. The maximum atomic E-state index is 12.3. The van der Waals surface area contributed by atoms with Crippen molar-refractivity contribution >= 4 is 22.6 Å². The Bertz CT molecular complexity index is 665. The Morgan fingerprint density at radius 2 is 1.76 bits per heavy atom. The molecule has 0 aromatic heterocycles. The van der Waals surface area contributed by atoms with E-state index in [0.29, 0.717) is 12.0 Å². The minimum absolute atomic E-state index is 0.273. The van der Waals surface area contributed by atoms with Crippen molar-refractivity contribution in [2.24, 2.45) is 11.7 Å². The number of nitrogens with one attached hydrogen (secondary N) is 1. The summed E-state index contributed by atoms with van der Waals surface area (Å²) in [6, 6.07) is 12.6. The second-order valence-electron chi connectivity index (χ2n) is 5.62. The highest BCUT2D eigenvalue weighted by atomic mass is 16.2. The molecule has 2 aromatic carbocycles. The summed E-state index contributed by atoms with van der Waals surface area (Å²) in [4.78, 5) is 23.7. The highest BCUT2D eigenvalue weighted by Gasteiger charge is 2.20. The number of amides is 2. The average Bonchev–Trinajstić information content (AvgIpc) is 2.45. The zero-order chi connectivity index (χ0) is 15.4. The van der Waals surface area contributed by atoms with Gasteiger partial charge in [0, 0.05) is 5.56 Å². The molecule has 110 valence electrons. The van der Waals surface area contributed by atoms with E-state index in [0.717, 1.165) is 10.8 Å². The van der Waals surface area contributed by atoms with Crippen LogP contribution in [-0.4, -0.2) is 17.9 Å². The molecule has 0 heterocycles. The van der Waals surface area contributed by atoms with Crippen molar-refractivity contribution < 1.29 is 9.59 Å². The lowest BCUT2D eigenvalue weighted by Gasteiger charge is -2.17. The van der Waals surface area contributed by atoms with Crippen molar-refractivity contribution in [3.63, 3.8) is 0 Å². The average molecular weight is 284 g/mol. The van der Waals surface area contributed by atoms with E-state index in [1.165, 1.54) is 0 Å². The monoisotopic (exact) mass is 284 g/mol. The zero-order valence-corrected chi connectivity index (χ0v) is 12.3. The first-order valence-corrected chi connectivity index (χ1v) is 7.06. The number of carbonyl (C=O) groups is 2. The smallest absolute Gasteiger partial charge is 0.251 e. The second-order valence-corrected chi connectivity index (χ2v) is 5.62. The van der Waals surface area contributed by atoms with Gasteiger partial charge in [-0.1, -0.05) is 44.2 Å². The van der Waals surface area contributed by atoms with Gasteiger partial charge in [0.15, 0.2) is 0 Å². The molecule has 3 N–H and O–H groups in total. The second kappa shape index (κ2) is 6.39. The van der Waals surface area contributed by atoms with Gasteiger partial charge in [0.1, 0.15) is 6.04 Å². The molecule has 21 heavy (non-hydrogen) atoms.